The Kier molecular flexibility index (Phi) is 13.2. The van der Waals surface area contributed by atoms with Gasteiger partial charge in [-0.2, -0.15) is 13.2 Å². The van der Waals surface area contributed by atoms with Crippen LogP contribution in [0.5, 0.6) is 5.75 Å². The molecule has 10 rings (SSSR count). The fourth-order valence-corrected chi connectivity index (χ4v) is 12.1. The fourth-order valence-electron chi connectivity index (χ4n) is 10.0. The molecule has 1 aliphatic carbocycles. The van der Waals surface area contributed by atoms with Crippen molar-refractivity contribution >= 4 is 70.7 Å². The van der Waals surface area contributed by atoms with Gasteiger partial charge in [-0.05, 0) is 109 Å². The average Bonchev–Trinajstić information content (AvgIpc) is 3.97. The summed E-state index contributed by atoms with van der Waals surface area (Å²) in [4.78, 5) is 27.4. The van der Waals surface area contributed by atoms with Gasteiger partial charge in [0.15, 0.2) is 5.65 Å². The topological polar surface area (TPSA) is 172 Å². The number of likely N-dealkylation sites (tertiary alicyclic amines) is 1. The number of sulfone groups is 1. The van der Waals surface area contributed by atoms with Crippen molar-refractivity contribution in [2.24, 2.45) is 5.41 Å². The number of benzene rings is 3. The summed E-state index contributed by atoms with van der Waals surface area (Å²) in [5.74, 6) is -2.06. The van der Waals surface area contributed by atoms with E-state index < -0.39 is 59.1 Å². The Labute approximate surface area is 419 Å². The van der Waals surface area contributed by atoms with E-state index >= 15 is 4.39 Å². The minimum atomic E-state index is -6.25. The van der Waals surface area contributed by atoms with Crippen LogP contribution < -0.4 is 14.4 Å². The molecule has 0 atom stereocenters. The molecule has 6 heterocycles. The lowest BCUT2D eigenvalue weighted by Gasteiger charge is -2.43. The van der Waals surface area contributed by atoms with Crippen molar-refractivity contribution in [2.75, 3.05) is 70.5 Å². The van der Waals surface area contributed by atoms with Gasteiger partial charge in [0.1, 0.15) is 28.4 Å². The minimum absolute atomic E-state index is 0.0321. The summed E-state index contributed by atoms with van der Waals surface area (Å²) in [7, 11) is -11.3. The van der Waals surface area contributed by atoms with Crippen molar-refractivity contribution in [2.45, 2.75) is 73.0 Å². The number of allylic oxidation sites excluding steroid dienone is 1. The molecule has 22 heteroatoms. The first kappa shape index (κ1) is 50.0. The number of rotatable bonds is 13. The number of pyridine rings is 1. The first-order valence-corrected chi connectivity index (χ1v) is 27.1. The van der Waals surface area contributed by atoms with E-state index in [-0.39, 0.29) is 41.6 Å². The van der Waals surface area contributed by atoms with Crippen LogP contribution in [0.25, 0.3) is 33.3 Å². The van der Waals surface area contributed by atoms with E-state index in [1.807, 2.05) is 27.8 Å². The van der Waals surface area contributed by atoms with Crippen molar-refractivity contribution in [3.8, 4) is 11.4 Å². The lowest BCUT2D eigenvalue weighted by atomic mass is 9.72. The number of anilines is 1. The molecule has 15 nitrogen and oxygen atoms in total. The van der Waals surface area contributed by atoms with Gasteiger partial charge in [-0.25, -0.2) is 35.9 Å². The number of halogens is 5. The van der Waals surface area contributed by atoms with E-state index in [9.17, 15) is 34.8 Å². The molecule has 0 radical (unpaired) electrons. The van der Waals surface area contributed by atoms with Crippen molar-refractivity contribution < 1.29 is 48.7 Å². The smallest absolute Gasteiger partial charge is 0.489 e. The number of piperazine rings is 1. The molecule has 0 bridgehead atoms. The summed E-state index contributed by atoms with van der Waals surface area (Å²) in [6.07, 6.45) is 6.18. The maximum atomic E-state index is 15.9. The zero-order valence-corrected chi connectivity index (χ0v) is 41.9. The second kappa shape index (κ2) is 19.0. The number of alkyl halides is 4. The van der Waals surface area contributed by atoms with Crippen molar-refractivity contribution in [1.82, 2.24) is 34.3 Å². The molecular weight excluding hydrogens is 1000 g/mol. The van der Waals surface area contributed by atoms with Crippen LogP contribution in [0.1, 0.15) is 61.9 Å². The molecule has 72 heavy (non-hydrogen) atoms. The van der Waals surface area contributed by atoms with Crippen LogP contribution in [-0.4, -0.2) is 135 Å². The highest BCUT2D eigenvalue weighted by Crippen LogP contribution is 2.44. The number of aromatic nitrogens is 4. The highest BCUT2D eigenvalue weighted by Gasteiger charge is 2.49. The van der Waals surface area contributed by atoms with E-state index in [1.165, 1.54) is 22.8 Å². The molecule has 3 aliphatic heterocycles. The molecule has 2 N–H and O–H groups in total. The van der Waals surface area contributed by atoms with Gasteiger partial charge in [0, 0.05) is 74.3 Å². The van der Waals surface area contributed by atoms with Crippen LogP contribution in [0.15, 0.2) is 101 Å². The van der Waals surface area contributed by atoms with Crippen LogP contribution in [-0.2, 0) is 24.6 Å². The monoisotopic (exact) mass is 1050 g/mol. The summed E-state index contributed by atoms with van der Waals surface area (Å²) >= 11 is 6.25. The zero-order chi connectivity index (χ0) is 50.8. The molecule has 4 aliphatic rings. The highest BCUT2D eigenvalue weighted by atomic mass is 35.5. The number of ether oxygens (including phenoxy) is 2. The largest absolute Gasteiger partial charge is 0.502 e. The molecule has 0 saturated carbocycles. The number of piperidine rings is 1. The quantitative estimate of drug-likeness (QED) is 0.106. The second-order valence-corrected chi connectivity index (χ2v) is 23.9. The van der Waals surface area contributed by atoms with Crippen LogP contribution in [0.4, 0.5) is 23.2 Å². The Morgan fingerprint density at radius 3 is 2.36 bits per heavy atom. The predicted molar refractivity (Wildman–Crippen MR) is 264 cm³/mol. The molecule has 3 fully saturated rings. The first-order chi connectivity index (χ1) is 34.2. The van der Waals surface area contributed by atoms with Gasteiger partial charge in [0.2, 0.25) is 0 Å². The Hall–Kier alpha value is -5.58. The fraction of sp³-hybridized carbons (Fsp3) is 0.420. The van der Waals surface area contributed by atoms with E-state index in [2.05, 4.69) is 50.8 Å². The van der Waals surface area contributed by atoms with Crippen molar-refractivity contribution in [1.29, 1.82) is 0 Å². The number of fused-ring (bicyclic) bond motifs is 2. The third kappa shape index (κ3) is 10.1. The van der Waals surface area contributed by atoms with Crippen molar-refractivity contribution in [3.05, 3.63) is 107 Å². The molecule has 0 spiro atoms. The Morgan fingerprint density at radius 1 is 0.931 bits per heavy atom. The first-order valence-electron chi connectivity index (χ1n) is 23.7. The Bertz CT molecular complexity index is 3310. The molecule has 0 unspecified atom stereocenters. The van der Waals surface area contributed by atoms with E-state index in [1.54, 1.807) is 35.3 Å². The summed E-state index contributed by atoms with van der Waals surface area (Å²) in [6.45, 7) is 9.06. The average molecular weight is 1050 g/mol. The third-order valence-electron chi connectivity index (χ3n) is 14.4. The molecule has 3 aromatic heterocycles. The van der Waals surface area contributed by atoms with E-state index in [4.69, 9.17) is 21.1 Å². The number of nitrogens with zero attached hydrogens (tertiary/aromatic N) is 6. The van der Waals surface area contributed by atoms with Gasteiger partial charge in [-0.1, -0.05) is 43.2 Å². The van der Waals surface area contributed by atoms with Gasteiger partial charge in [0.25, 0.3) is 25.8 Å². The van der Waals surface area contributed by atoms with E-state index in [0.29, 0.717) is 66.5 Å². The van der Waals surface area contributed by atoms with Gasteiger partial charge < -0.3 is 14.4 Å². The highest BCUT2D eigenvalue weighted by molar-refractivity contribution is 7.92. The number of hydrogen-bond acceptors (Lipinski definition) is 12. The van der Waals surface area contributed by atoms with Gasteiger partial charge >= 0.3 is 5.51 Å². The van der Waals surface area contributed by atoms with Gasteiger partial charge in [-0.15, -0.1) is 0 Å². The van der Waals surface area contributed by atoms with Crippen LogP contribution in [0, 0.1) is 5.41 Å². The lowest BCUT2D eigenvalue weighted by molar-refractivity contribution is -0.0891. The summed E-state index contributed by atoms with van der Waals surface area (Å²) in [5, 5.41) is 4.52. The molecule has 1 amide bonds. The molecule has 3 aromatic carbocycles. The summed E-state index contributed by atoms with van der Waals surface area (Å²) < 4.78 is 127. The molecule has 6 aromatic rings. The zero-order valence-electron chi connectivity index (χ0n) is 39.5. The normalized spacial score (nSPS) is 19.5. The number of nitrogens with one attached hydrogen (secondary N) is 2. The number of hydrogen-bond donors (Lipinski definition) is 2. The summed E-state index contributed by atoms with van der Waals surface area (Å²) in [5.41, 5.74) is -1.45. The number of sulfonamides is 1. The van der Waals surface area contributed by atoms with Crippen molar-refractivity contribution in [3.63, 3.8) is 0 Å². The predicted octanol–water partition coefficient (Wildman–Crippen LogP) is 8.34. The third-order valence-corrected chi connectivity index (χ3v) is 17.5. The minimum Gasteiger partial charge on any atom is -0.489 e. The lowest BCUT2D eigenvalue weighted by Crippen LogP contribution is -2.55. The number of H-pyrrole nitrogens is 1. The molecule has 3 saturated heterocycles. The Balaban J connectivity index is 0.915. The molecule has 382 valence electrons. The maximum absolute atomic E-state index is 15.9. The second-order valence-electron chi connectivity index (χ2n) is 19.9. The van der Waals surface area contributed by atoms with Crippen LogP contribution >= 0.6 is 11.6 Å². The van der Waals surface area contributed by atoms with Crippen LogP contribution in [0.3, 0.4) is 0 Å². The number of carbonyl (C=O) groups excluding carboxylic acids is 1. The summed E-state index contributed by atoms with van der Waals surface area (Å²) in [6, 6.07) is 18.4. The number of aromatic amines is 1. The number of amides is 1. The van der Waals surface area contributed by atoms with Gasteiger partial charge in [0.05, 0.1) is 40.9 Å². The van der Waals surface area contributed by atoms with Crippen LogP contribution in [0.2, 0.25) is 5.02 Å². The standard InChI is InChI=1S/C50H53ClF4N8O7S2/c1-48(2)13-11-34(40(26-48)32-3-5-35(51)6-4-32)28-60-19-21-62(22-20-60)36-7-9-39(42(24-36)63-43-23-33-12-16-56-46(33)58-41(43)27-57-63)47(64)59-72(67,68)38-8-10-44(45(25-38)71(65,66)50(53,54)55)70-31-49(52)14-17-61(18-15-49)37-29-69-30-37/h3-10,12,16,23-25,27,37,57H,11,13-15,17-22,26,28-31H2,1-2H3,(H,59,64). The molecular formula is C50H53ClF4N8O7S2. The van der Waals surface area contributed by atoms with E-state index in [0.717, 1.165) is 56.7 Å². The Morgan fingerprint density at radius 2 is 1.67 bits per heavy atom. The van der Waals surface area contributed by atoms with Gasteiger partial charge in [-0.3, -0.25) is 24.4 Å². The SMILES string of the molecule is CC1(C)CCC(CN2CCN(c3ccc(C(=O)NS(=O)(=O)c4ccc(OCC5(F)CCN(C6COC6)CC5)c(S(=O)(=O)C(F)(F)F)c4)c(-n4[nH]cc5nc6nccc6cc54)c3)CC2)=C(c2ccc(Cl)cc2)C1. The number of carbonyl (C=O) groups is 1. The maximum Gasteiger partial charge on any atom is 0.502 e.